The highest BCUT2D eigenvalue weighted by Crippen LogP contribution is 2.27. The largest absolute Gasteiger partial charge is 0.494 e. The Hall–Kier alpha value is -1.85. The second-order valence-electron chi connectivity index (χ2n) is 5.57. The van der Waals surface area contributed by atoms with Crippen LogP contribution >= 0.6 is 0 Å². The van der Waals surface area contributed by atoms with Crippen LogP contribution in [-0.4, -0.2) is 15.0 Å². The molecular weight excluding hydrogens is 310 g/mol. The van der Waals surface area contributed by atoms with Crippen molar-refractivity contribution in [1.82, 2.24) is 4.72 Å². The maximum absolute atomic E-state index is 12.7. The molecule has 4 nitrogen and oxygen atoms in total. The van der Waals surface area contributed by atoms with E-state index in [0.717, 1.165) is 16.9 Å². The summed E-state index contributed by atoms with van der Waals surface area (Å²) < 4.78 is 33.7. The van der Waals surface area contributed by atoms with Crippen LogP contribution in [0.2, 0.25) is 0 Å². The van der Waals surface area contributed by atoms with Crippen LogP contribution in [0.25, 0.3) is 0 Å². The normalized spacial score (nSPS) is 12.9. The summed E-state index contributed by atoms with van der Waals surface area (Å²) in [6.45, 7) is 7.93. The number of sulfonamides is 1. The summed E-state index contributed by atoms with van der Waals surface area (Å²) >= 11 is 0. The second kappa shape index (κ2) is 7.15. The molecule has 0 amide bonds. The van der Waals surface area contributed by atoms with Crippen LogP contribution in [0.1, 0.15) is 36.6 Å². The van der Waals surface area contributed by atoms with Gasteiger partial charge >= 0.3 is 0 Å². The van der Waals surface area contributed by atoms with E-state index in [0.29, 0.717) is 17.1 Å². The minimum atomic E-state index is -3.60. The van der Waals surface area contributed by atoms with Gasteiger partial charge in [0.2, 0.25) is 10.0 Å². The van der Waals surface area contributed by atoms with Crippen molar-refractivity contribution in [2.24, 2.45) is 0 Å². The van der Waals surface area contributed by atoms with Gasteiger partial charge in [-0.1, -0.05) is 30.3 Å². The Labute approximate surface area is 138 Å². The lowest BCUT2D eigenvalue weighted by Gasteiger charge is -2.17. The van der Waals surface area contributed by atoms with Crippen LogP contribution in [0.5, 0.6) is 5.75 Å². The van der Waals surface area contributed by atoms with E-state index in [9.17, 15) is 8.42 Å². The van der Waals surface area contributed by atoms with Gasteiger partial charge in [0, 0.05) is 6.04 Å². The fourth-order valence-electron chi connectivity index (χ4n) is 2.47. The highest BCUT2D eigenvalue weighted by molar-refractivity contribution is 7.89. The molecule has 5 heteroatoms. The minimum Gasteiger partial charge on any atom is -0.494 e. The number of hydrogen-bond donors (Lipinski definition) is 1. The third kappa shape index (κ3) is 4.12. The van der Waals surface area contributed by atoms with Crippen molar-refractivity contribution in [3.8, 4) is 5.75 Å². The summed E-state index contributed by atoms with van der Waals surface area (Å²) in [5.74, 6) is 0.722. The number of ether oxygens (including phenoxy) is 1. The van der Waals surface area contributed by atoms with Crippen molar-refractivity contribution in [1.29, 1.82) is 0 Å². The summed E-state index contributed by atoms with van der Waals surface area (Å²) in [6.07, 6.45) is 0. The number of hydrogen-bond acceptors (Lipinski definition) is 3. The molecule has 124 valence electrons. The zero-order valence-corrected chi connectivity index (χ0v) is 14.8. The molecule has 0 saturated carbocycles. The molecule has 0 radical (unpaired) electrons. The third-order valence-corrected chi connectivity index (χ3v) is 5.38. The first-order chi connectivity index (χ1) is 10.8. The molecule has 2 aromatic carbocycles. The molecule has 0 aliphatic heterocycles. The van der Waals surface area contributed by atoms with Crippen molar-refractivity contribution in [3.63, 3.8) is 0 Å². The molecule has 1 N–H and O–H groups in total. The van der Waals surface area contributed by atoms with E-state index in [1.165, 1.54) is 0 Å². The zero-order valence-electron chi connectivity index (χ0n) is 14.0. The van der Waals surface area contributed by atoms with Crippen LogP contribution in [0.15, 0.2) is 47.4 Å². The molecule has 2 aromatic rings. The number of rotatable bonds is 6. The van der Waals surface area contributed by atoms with Crippen LogP contribution in [0, 0.1) is 13.8 Å². The topological polar surface area (TPSA) is 55.4 Å². The van der Waals surface area contributed by atoms with Gasteiger partial charge in [0.25, 0.3) is 0 Å². The summed E-state index contributed by atoms with van der Waals surface area (Å²) in [5, 5.41) is 0. The lowest BCUT2D eigenvalue weighted by molar-refractivity contribution is 0.337. The molecule has 2 rings (SSSR count). The van der Waals surface area contributed by atoms with Gasteiger partial charge in [0.1, 0.15) is 5.75 Å². The molecule has 0 aliphatic carbocycles. The Bertz CT molecular complexity index is 770. The van der Waals surface area contributed by atoms with E-state index in [1.54, 1.807) is 19.1 Å². The van der Waals surface area contributed by atoms with Gasteiger partial charge in [-0.2, -0.15) is 0 Å². The lowest BCUT2D eigenvalue weighted by atomic mass is 10.1. The smallest absolute Gasteiger partial charge is 0.241 e. The summed E-state index contributed by atoms with van der Waals surface area (Å²) in [6, 6.07) is 12.7. The van der Waals surface area contributed by atoms with E-state index < -0.39 is 10.0 Å². The molecule has 1 atom stereocenters. The van der Waals surface area contributed by atoms with Crippen LogP contribution in [-0.2, 0) is 10.0 Å². The Morgan fingerprint density at radius 3 is 2.35 bits per heavy atom. The van der Waals surface area contributed by atoms with E-state index in [4.69, 9.17) is 4.74 Å². The van der Waals surface area contributed by atoms with E-state index in [2.05, 4.69) is 4.72 Å². The summed E-state index contributed by atoms with van der Waals surface area (Å²) in [5.41, 5.74) is 2.41. The predicted molar refractivity (Wildman–Crippen MR) is 92.3 cm³/mol. The standard InChI is InChI=1S/C18H23NO3S/c1-5-22-17-11-14(3)18(12-13(17)2)23(20,21)19-15(4)16-9-7-6-8-10-16/h6-12,15,19H,5H2,1-4H3/t15-/m0/s1. The molecule has 0 fully saturated rings. The van der Waals surface area contributed by atoms with Gasteiger partial charge in [-0.05, 0) is 56.5 Å². The number of nitrogens with one attached hydrogen (secondary N) is 1. The summed E-state index contributed by atoms with van der Waals surface area (Å²) in [7, 11) is -3.60. The Kier molecular flexibility index (Phi) is 5.44. The SMILES string of the molecule is CCOc1cc(C)c(S(=O)(=O)N[C@@H](C)c2ccccc2)cc1C. The quantitative estimate of drug-likeness (QED) is 0.876. The molecular formula is C18H23NO3S. The van der Waals surface area contributed by atoms with Crippen molar-refractivity contribution in [2.45, 2.75) is 38.6 Å². The fraction of sp³-hybridized carbons (Fsp3) is 0.333. The highest BCUT2D eigenvalue weighted by atomic mass is 32.2. The zero-order chi connectivity index (χ0) is 17.0. The van der Waals surface area contributed by atoms with E-state index >= 15 is 0 Å². The molecule has 0 spiro atoms. The monoisotopic (exact) mass is 333 g/mol. The van der Waals surface area contributed by atoms with Gasteiger partial charge in [0.05, 0.1) is 11.5 Å². The maximum atomic E-state index is 12.7. The van der Waals surface area contributed by atoms with Gasteiger partial charge in [-0.25, -0.2) is 13.1 Å². The average molecular weight is 333 g/mol. The van der Waals surface area contributed by atoms with Crippen LogP contribution < -0.4 is 9.46 Å². The maximum Gasteiger partial charge on any atom is 0.241 e. The first-order valence-corrected chi connectivity index (χ1v) is 9.14. The fourth-order valence-corrected chi connectivity index (χ4v) is 4.01. The van der Waals surface area contributed by atoms with Gasteiger partial charge in [-0.3, -0.25) is 0 Å². The van der Waals surface area contributed by atoms with E-state index in [1.807, 2.05) is 51.1 Å². The van der Waals surface area contributed by atoms with Gasteiger partial charge in [0.15, 0.2) is 0 Å². The number of benzene rings is 2. The average Bonchev–Trinajstić information content (AvgIpc) is 2.51. The Morgan fingerprint density at radius 1 is 1.09 bits per heavy atom. The predicted octanol–water partition coefficient (Wildman–Crippen LogP) is 3.74. The molecule has 0 saturated heterocycles. The Morgan fingerprint density at radius 2 is 1.74 bits per heavy atom. The van der Waals surface area contributed by atoms with Crippen molar-refractivity contribution in [3.05, 3.63) is 59.2 Å². The van der Waals surface area contributed by atoms with Gasteiger partial charge in [-0.15, -0.1) is 0 Å². The van der Waals surface area contributed by atoms with E-state index in [-0.39, 0.29) is 6.04 Å². The van der Waals surface area contributed by atoms with Crippen LogP contribution in [0.4, 0.5) is 0 Å². The molecule has 0 unspecified atom stereocenters. The summed E-state index contributed by atoms with van der Waals surface area (Å²) in [4.78, 5) is 0.293. The van der Waals surface area contributed by atoms with Gasteiger partial charge < -0.3 is 4.74 Å². The minimum absolute atomic E-state index is 0.293. The first kappa shape index (κ1) is 17.5. The highest BCUT2D eigenvalue weighted by Gasteiger charge is 2.21. The molecule has 0 aliphatic rings. The van der Waals surface area contributed by atoms with Crippen molar-refractivity contribution in [2.75, 3.05) is 6.61 Å². The third-order valence-electron chi connectivity index (χ3n) is 3.69. The van der Waals surface area contributed by atoms with Crippen LogP contribution in [0.3, 0.4) is 0 Å². The molecule has 0 aromatic heterocycles. The molecule has 23 heavy (non-hydrogen) atoms. The number of aryl methyl sites for hydroxylation is 2. The second-order valence-corrected chi connectivity index (χ2v) is 7.25. The van der Waals surface area contributed by atoms with Crippen molar-refractivity contribution < 1.29 is 13.2 Å². The molecule has 0 heterocycles. The van der Waals surface area contributed by atoms with Crippen molar-refractivity contribution >= 4 is 10.0 Å². The lowest BCUT2D eigenvalue weighted by Crippen LogP contribution is -2.27. The molecule has 0 bridgehead atoms. The Balaban J connectivity index is 2.31. The first-order valence-electron chi connectivity index (χ1n) is 7.66.